The highest BCUT2D eigenvalue weighted by Crippen LogP contribution is 2.41. The van der Waals surface area contributed by atoms with E-state index in [4.69, 9.17) is 35.6 Å². The topological polar surface area (TPSA) is 90.6 Å². The van der Waals surface area contributed by atoms with Gasteiger partial charge in [0.05, 0.1) is 19.1 Å². The van der Waals surface area contributed by atoms with Crippen LogP contribution in [0.15, 0.2) is 6.20 Å². The minimum atomic E-state index is -1.57. The van der Waals surface area contributed by atoms with Crippen molar-refractivity contribution in [3.63, 3.8) is 0 Å². The molecule has 0 aliphatic carbocycles. The number of terminal acetylenes is 1. The number of ether oxygens (including phenoxy) is 1. The van der Waals surface area contributed by atoms with E-state index in [9.17, 15) is 19.7 Å². The predicted octanol–water partition coefficient (Wildman–Crippen LogP) is 0.277. The van der Waals surface area contributed by atoms with E-state index in [2.05, 4.69) is 10.9 Å². The highest BCUT2D eigenvalue weighted by molar-refractivity contribution is 7.72. The lowest BCUT2D eigenvalue weighted by molar-refractivity contribution is -0.0875. The fraction of sp³-hybridized carbons (Fsp3) is 0.500. The molecule has 0 saturated carbocycles. The third-order valence-electron chi connectivity index (χ3n) is 3.51. The fourth-order valence-electron chi connectivity index (χ4n) is 2.31. The average Bonchev–Trinajstić information content (AvgIpc) is 2.75. The van der Waals surface area contributed by atoms with Gasteiger partial charge in [0.2, 0.25) is 0 Å². The van der Waals surface area contributed by atoms with Gasteiger partial charge in [-0.25, -0.2) is 4.39 Å². The maximum atomic E-state index is 13.6. The van der Waals surface area contributed by atoms with E-state index in [0.29, 0.717) is 0 Å². The molecule has 114 valence electrons. The molecule has 9 heteroatoms. The van der Waals surface area contributed by atoms with Crippen LogP contribution >= 0.6 is 24.4 Å². The zero-order valence-electron chi connectivity index (χ0n) is 10.7. The number of halogens is 1. The standard InChI is InChI=1S/C12H13FN2O4S2/c1-2-12(5-17)6(4-16)8(18)10(19-12)15-3-7(13)9(20)14-11(15)21/h1,3,6,8,10,16-18H,4-5H2,(H,14,20,21)/t6?,8-,10+,12+/m0/s1. The van der Waals surface area contributed by atoms with Crippen molar-refractivity contribution >= 4 is 24.4 Å². The van der Waals surface area contributed by atoms with Gasteiger partial charge in [-0.1, -0.05) is 18.1 Å². The molecule has 0 radical (unpaired) electrons. The van der Waals surface area contributed by atoms with Gasteiger partial charge in [0.25, 0.3) is 0 Å². The molecule has 0 amide bonds. The number of hydrogen-bond acceptors (Lipinski definition) is 6. The first kappa shape index (κ1) is 16.2. The molecule has 1 aliphatic heterocycles. The van der Waals surface area contributed by atoms with Crippen molar-refractivity contribution in [1.82, 2.24) is 9.55 Å². The Morgan fingerprint density at radius 2 is 2.19 bits per heavy atom. The summed E-state index contributed by atoms with van der Waals surface area (Å²) in [6, 6.07) is 0. The van der Waals surface area contributed by atoms with E-state index in [0.717, 1.165) is 10.8 Å². The van der Waals surface area contributed by atoms with Gasteiger partial charge in [-0.3, -0.25) is 4.57 Å². The van der Waals surface area contributed by atoms with Crippen LogP contribution in [0.3, 0.4) is 0 Å². The summed E-state index contributed by atoms with van der Waals surface area (Å²) in [6.07, 6.45) is 3.89. The number of H-pyrrole nitrogens is 1. The van der Waals surface area contributed by atoms with Gasteiger partial charge in [0, 0.05) is 6.20 Å². The van der Waals surface area contributed by atoms with Crippen LogP contribution in [0.2, 0.25) is 0 Å². The number of nitrogens with one attached hydrogen (secondary N) is 1. The summed E-state index contributed by atoms with van der Waals surface area (Å²) in [7, 11) is 0. The van der Waals surface area contributed by atoms with Gasteiger partial charge in [-0.2, -0.15) is 0 Å². The largest absolute Gasteiger partial charge is 0.396 e. The fourth-order valence-corrected chi connectivity index (χ4v) is 2.79. The monoisotopic (exact) mass is 332 g/mol. The molecule has 21 heavy (non-hydrogen) atoms. The van der Waals surface area contributed by atoms with Crippen molar-refractivity contribution in [2.75, 3.05) is 13.2 Å². The summed E-state index contributed by atoms with van der Waals surface area (Å²) in [5.41, 5.74) is -1.57. The molecule has 1 saturated heterocycles. The van der Waals surface area contributed by atoms with Crippen molar-refractivity contribution in [2.24, 2.45) is 5.92 Å². The molecular formula is C12H13FN2O4S2. The minimum absolute atomic E-state index is 0.0212. The number of hydrogen-bond donors (Lipinski definition) is 4. The second-order valence-corrected chi connectivity index (χ2v) is 5.42. The van der Waals surface area contributed by atoms with Crippen molar-refractivity contribution in [3.05, 3.63) is 21.4 Å². The number of aliphatic hydroxyl groups is 3. The lowest BCUT2D eigenvalue weighted by Gasteiger charge is -2.25. The summed E-state index contributed by atoms with van der Waals surface area (Å²) < 4.78 is 20.1. The van der Waals surface area contributed by atoms with Gasteiger partial charge in [0.15, 0.2) is 22.4 Å². The maximum Gasteiger partial charge on any atom is 0.180 e. The average molecular weight is 332 g/mol. The van der Waals surface area contributed by atoms with Crippen LogP contribution in [0.25, 0.3) is 0 Å². The molecule has 1 fully saturated rings. The summed E-state index contributed by atoms with van der Waals surface area (Å²) in [5.74, 6) is 0.548. The number of aromatic nitrogens is 2. The van der Waals surface area contributed by atoms with Crippen molar-refractivity contribution < 1.29 is 24.4 Å². The van der Waals surface area contributed by atoms with Gasteiger partial charge in [-0.15, -0.1) is 6.42 Å². The van der Waals surface area contributed by atoms with Crippen LogP contribution in [0, 0.1) is 33.5 Å². The first-order valence-electron chi connectivity index (χ1n) is 5.96. The predicted molar refractivity (Wildman–Crippen MR) is 75.8 cm³/mol. The summed E-state index contributed by atoms with van der Waals surface area (Å²) >= 11 is 9.73. The number of nitrogens with zero attached hydrogens (tertiary/aromatic N) is 1. The molecule has 0 aromatic carbocycles. The minimum Gasteiger partial charge on any atom is -0.396 e. The zero-order valence-corrected chi connectivity index (χ0v) is 12.3. The van der Waals surface area contributed by atoms with Crippen molar-refractivity contribution in [1.29, 1.82) is 0 Å². The lowest BCUT2D eigenvalue weighted by atomic mass is 9.87. The first-order valence-corrected chi connectivity index (χ1v) is 6.78. The molecule has 2 heterocycles. The van der Waals surface area contributed by atoms with Gasteiger partial charge in [-0.05, 0) is 12.2 Å². The number of aliphatic hydroxyl groups excluding tert-OH is 3. The molecule has 0 bridgehead atoms. The Labute approximate surface area is 129 Å². The van der Waals surface area contributed by atoms with Crippen LogP contribution in [0.1, 0.15) is 6.23 Å². The first-order chi connectivity index (χ1) is 9.90. The van der Waals surface area contributed by atoms with Gasteiger partial charge >= 0.3 is 0 Å². The molecule has 1 aromatic rings. The normalized spacial score (nSPS) is 32.0. The molecule has 0 spiro atoms. The number of rotatable bonds is 3. The second kappa shape index (κ2) is 5.92. The highest BCUT2D eigenvalue weighted by atomic mass is 32.1. The Hall–Kier alpha value is -1.15. The quantitative estimate of drug-likeness (QED) is 0.469. The Balaban J connectivity index is 2.52. The SMILES string of the molecule is C#C[C@]1(CO)O[C@@H](n2cc(F)c(=S)[nH]c2=S)[C@@H](O)C1CO. The number of aromatic amines is 1. The molecule has 6 nitrogen and oxygen atoms in total. The summed E-state index contributed by atoms with van der Waals surface area (Å²) in [5, 5.41) is 29.1. The molecule has 1 aliphatic rings. The van der Waals surface area contributed by atoms with Crippen molar-refractivity contribution in [2.45, 2.75) is 17.9 Å². The molecular weight excluding hydrogens is 319 g/mol. The van der Waals surface area contributed by atoms with E-state index in [1.807, 2.05) is 0 Å². The third kappa shape index (κ3) is 2.55. The van der Waals surface area contributed by atoms with E-state index in [-0.39, 0.29) is 9.41 Å². The van der Waals surface area contributed by atoms with Crippen LogP contribution < -0.4 is 0 Å². The molecule has 1 unspecified atom stereocenters. The summed E-state index contributed by atoms with van der Waals surface area (Å²) in [4.78, 5) is 2.45. The Kier molecular flexibility index (Phi) is 4.57. The van der Waals surface area contributed by atoms with Crippen LogP contribution in [0.4, 0.5) is 4.39 Å². The van der Waals surface area contributed by atoms with Gasteiger partial charge < -0.3 is 25.0 Å². The smallest absolute Gasteiger partial charge is 0.180 e. The maximum absolute atomic E-state index is 13.6. The van der Waals surface area contributed by atoms with Gasteiger partial charge in [0.1, 0.15) is 10.7 Å². The molecule has 2 rings (SSSR count). The molecule has 4 atom stereocenters. The van der Waals surface area contributed by atoms with Crippen molar-refractivity contribution in [3.8, 4) is 12.3 Å². The zero-order chi connectivity index (χ0) is 15.8. The summed E-state index contributed by atoms with van der Waals surface area (Å²) in [6.45, 7) is -1.12. The third-order valence-corrected chi connectivity index (χ3v) is 4.12. The Morgan fingerprint density at radius 1 is 1.52 bits per heavy atom. The Morgan fingerprint density at radius 3 is 2.67 bits per heavy atom. The lowest BCUT2D eigenvalue weighted by Crippen LogP contribution is -2.42. The van der Waals surface area contributed by atoms with E-state index in [1.165, 1.54) is 0 Å². The van der Waals surface area contributed by atoms with E-state index < -0.39 is 42.9 Å². The Bertz CT molecular complexity index is 698. The van der Waals surface area contributed by atoms with Crippen LogP contribution in [-0.2, 0) is 4.74 Å². The second-order valence-electron chi connectivity index (χ2n) is 4.62. The highest BCUT2D eigenvalue weighted by Gasteiger charge is 2.54. The van der Waals surface area contributed by atoms with E-state index in [1.54, 1.807) is 0 Å². The van der Waals surface area contributed by atoms with Crippen LogP contribution in [-0.4, -0.2) is 49.8 Å². The van der Waals surface area contributed by atoms with E-state index >= 15 is 0 Å². The molecule has 4 N–H and O–H groups in total. The molecule has 1 aromatic heterocycles. The van der Waals surface area contributed by atoms with Crippen LogP contribution in [0.5, 0.6) is 0 Å².